The third-order valence-corrected chi connectivity index (χ3v) is 4.11. The van der Waals surface area contributed by atoms with Crippen LogP contribution >= 0.6 is 11.6 Å². The Kier molecular flexibility index (Phi) is 4.74. The van der Waals surface area contributed by atoms with Gasteiger partial charge in [0.25, 0.3) is 5.91 Å². The Morgan fingerprint density at radius 1 is 1.39 bits per heavy atom. The van der Waals surface area contributed by atoms with E-state index in [1.165, 1.54) is 4.68 Å². The van der Waals surface area contributed by atoms with Crippen molar-refractivity contribution in [2.45, 2.75) is 40.3 Å². The number of nitrogens with two attached hydrogens (primary N) is 1. The molecule has 0 fully saturated rings. The van der Waals surface area contributed by atoms with Gasteiger partial charge in [-0.05, 0) is 27.7 Å². The summed E-state index contributed by atoms with van der Waals surface area (Å²) in [6, 6.07) is -0.605. The molecule has 3 N–H and O–H groups in total. The van der Waals surface area contributed by atoms with E-state index >= 15 is 0 Å². The molecule has 2 aromatic heterocycles. The van der Waals surface area contributed by atoms with Crippen molar-refractivity contribution in [1.29, 1.82) is 0 Å². The summed E-state index contributed by atoms with van der Waals surface area (Å²) >= 11 is 6.11. The summed E-state index contributed by atoms with van der Waals surface area (Å²) in [5.41, 5.74) is 6.95. The van der Waals surface area contributed by atoms with Crippen molar-refractivity contribution >= 4 is 29.1 Å². The number of aromatic nitrogens is 4. The number of primary amides is 1. The van der Waals surface area contributed by atoms with Crippen molar-refractivity contribution < 1.29 is 9.59 Å². The molecule has 2 amide bonds. The van der Waals surface area contributed by atoms with Gasteiger partial charge in [-0.1, -0.05) is 11.6 Å². The van der Waals surface area contributed by atoms with Gasteiger partial charge in [-0.15, -0.1) is 0 Å². The lowest BCUT2D eigenvalue weighted by atomic mass is 10.2. The largest absolute Gasteiger partial charge is 0.364 e. The van der Waals surface area contributed by atoms with Crippen LogP contribution in [0, 0.1) is 13.8 Å². The summed E-state index contributed by atoms with van der Waals surface area (Å²) in [6.07, 6.45) is 1.57. The molecule has 0 aliphatic carbocycles. The first kappa shape index (κ1) is 17.0. The van der Waals surface area contributed by atoms with Crippen LogP contribution in [0.4, 0.5) is 5.69 Å². The first-order valence-corrected chi connectivity index (χ1v) is 7.53. The topological polar surface area (TPSA) is 108 Å². The standard InChI is InChI=1S/C14H19ClN6O2/c1-5-20-6-10(12(19-20)13(16)22)17-14(23)9(4)21-8(3)11(15)7(2)18-21/h6,9H,5H2,1-4H3,(H2,16,22)(H,17,23). The maximum atomic E-state index is 12.5. The van der Waals surface area contributed by atoms with E-state index in [9.17, 15) is 9.59 Å². The van der Waals surface area contributed by atoms with Crippen LogP contribution in [-0.2, 0) is 11.3 Å². The smallest absolute Gasteiger partial charge is 0.271 e. The van der Waals surface area contributed by atoms with Crippen LogP contribution in [0.1, 0.15) is 41.8 Å². The van der Waals surface area contributed by atoms with Crippen LogP contribution in [0.5, 0.6) is 0 Å². The van der Waals surface area contributed by atoms with Crippen molar-refractivity contribution in [3.63, 3.8) is 0 Å². The average molecular weight is 339 g/mol. The maximum Gasteiger partial charge on any atom is 0.271 e. The second kappa shape index (κ2) is 6.41. The van der Waals surface area contributed by atoms with E-state index in [0.29, 0.717) is 23.0 Å². The molecule has 124 valence electrons. The van der Waals surface area contributed by atoms with Crippen molar-refractivity contribution in [1.82, 2.24) is 19.6 Å². The fraction of sp³-hybridized carbons (Fsp3) is 0.429. The SMILES string of the molecule is CCn1cc(NC(=O)C(C)n2nc(C)c(Cl)c2C)c(C(N)=O)n1. The lowest BCUT2D eigenvalue weighted by Gasteiger charge is -2.14. The van der Waals surface area contributed by atoms with Gasteiger partial charge in [0.05, 0.1) is 22.1 Å². The first-order chi connectivity index (χ1) is 10.8. The molecule has 0 radical (unpaired) electrons. The van der Waals surface area contributed by atoms with Crippen LogP contribution in [-0.4, -0.2) is 31.4 Å². The molecule has 0 aromatic carbocycles. The van der Waals surface area contributed by atoms with E-state index in [-0.39, 0.29) is 17.3 Å². The number of halogens is 1. The molecular formula is C14H19ClN6O2. The third kappa shape index (κ3) is 3.21. The highest BCUT2D eigenvalue weighted by molar-refractivity contribution is 6.31. The van der Waals surface area contributed by atoms with Gasteiger partial charge in [-0.2, -0.15) is 10.2 Å². The van der Waals surface area contributed by atoms with Crippen molar-refractivity contribution in [2.75, 3.05) is 5.32 Å². The highest BCUT2D eigenvalue weighted by atomic mass is 35.5. The third-order valence-electron chi connectivity index (χ3n) is 3.56. The van der Waals surface area contributed by atoms with Gasteiger partial charge in [0.2, 0.25) is 5.91 Å². The molecule has 23 heavy (non-hydrogen) atoms. The van der Waals surface area contributed by atoms with Gasteiger partial charge < -0.3 is 11.1 Å². The number of amides is 2. The van der Waals surface area contributed by atoms with E-state index in [4.69, 9.17) is 17.3 Å². The number of nitrogens with zero attached hydrogens (tertiary/aromatic N) is 4. The zero-order valence-corrected chi connectivity index (χ0v) is 14.2. The molecule has 2 rings (SSSR count). The highest BCUT2D eigenvalue weighted by Gasteiger charge is 2.23. The lowest BCUT2D eigenvalue weighted by molar-refractivity contribution is -0.119. The summed E-state index contributed by atoms with van der Waals surface area (Å²) in [6.45, 7) is 7.67. The first-order valence-electron chi connectivity index (χ1n) is 7.15. The molecule has 0 aliphatic rings. The van der Waals surface area contributed by atoms with Crippen molar-refractivity contribution in [2.24, 2.45) is 5.73 Å². The Morgan fingerprint density at radius 3 is 2.52 bits per heavy atom. The monoisotopic (exact) mass is 338 g/mol. The predicted molar refractivity (Wildman–Crippen MR) is 86.5 cm³/mol. The van der Waals surface area contributed by atoms with Gasteiger partial charge in [-0.3, -0.25) is 19.0 Å². The normalized spacial score (nSPS) is 12.2. The number of anilines is 1. The molecule has 2 aromatic rings. The van der Waals surface area contributed by atoms with E-state index in [1.807, 2.05) is 6.92 Å². The summed E-state index contributed by atoms with van der Waals surface area (Å²) in [5, 5.41) is 11.5. The molecular weight excluding hydrogens is 320 g/mol. The maximum absolute atomic E-state index is 12.5. The Bertz CT molecular complexity index is 764. The Hall–Kier alpha value is -2.35. The van der Waals surface area contributed by atoms with Crippen molar-refractivity contribution in [3.05, 3.63) is 28.3 Å². The summed E-state index contributed by atoms with van der Waals surface area (Å²) in [5.74, 6) is -1.04. The molecule has 0 bridgehead atoms. The molecule has 1 unspecified atom stereocenters. The van der Waals surface area contributed by atoms with Crippen LogP contribution in [0.25, 0.3) is 0 Å². The van der Waals surface area contributed by atoms with Crippen LogP contribution < -0.4 is 11.1 Å². The van der Waals surface area contributed by atoms with E-state index in [2.05, 4.69) is 15.5 Å². The molecule has 0 saturated heterocycles. The Balaban J connectivity index is 2.26. The second-order valence-electron chi connectivity index (χ2n) is 5.21. The molecule has 0 spiro atoms. The average Bonchev–Trinajstić information content (AvgIpc) is 3.03. The number of aryl methyl sites for hydroxylation is 2. The second-order valence-corrected chi connectivity index (χ2v) is 5.58. The molecule has 9 heteroatoms. The Morgan fingerprint density at radius 2 is 2.04 bits per heavy atom. The zero-order chi connectivity index (χ0) is 17.3. The summed E-state index contributed by atoms with van der Waals surface area (Å²) < 4.78 is 3.07. The zero-order valence-electron chi connectivity index (χ0n) is 13.4. The van der Waals surface area contributed by atoms with E-state index in [0.717, 1.165) is 0 Å². The minimum absolute atomic E-state index is 0.0267. The molecule has 8 nitrogen and oxygen atoms in total. The number of carbonyl (C=O) groups excluding carboxylic acids is 2. The van der Waals surface area contributed by atoms with Crippen LogP contribution in [0.3, 0.4) is 0 Å². The molecule has 0 aliphatic heterocycles. The van der Waals surface area contributed by atoms with E-state index < -0.39 is 11.9 Å². The van der Waals surface area contributed by atoms with Gasteiger partial charge in [0.15, 0.2) is 5.69 Å². The molecule has 1 atom stereocenters. The lowest BCUT2D eigenvalue weighted by Crippen LogP contribution is -2.26. The highest BCUT2D eigenvalue weighted by Crippen LogP contribution is 2.23. The van der Waals surface area contributed by atoms with E-state index in [1.54, 1.807) is 31.6 Å². The fourth-order valence-electron chi connectivity index (χ4n) is 2.23. The molecule has 2 heterocycles. The number of nitrogens with one attached hydrogen (secondary N) is 1. The minimum atomic E-state index is -0.700. The van der Waals surface area contributed by atoms with Crippen molar-refractivity contribution in [3.8, 4) is 0 Å². The minimum Gasteiger partial charge on any atom is -0.364 e. The van der Waals surface area contributed by atoms with Crippen LogP contribution in [0.2, 0.25) is 5.02 Å². The fourth-order valence-corrected chi connectivity index (χ4v) is 2.35. The summed E-state index contributed by atoms with van der Waals surface area (Å²) in [7, 11) is 0. The quantitative estimate of drug-likeness (QED) is 0.864. The number of carbonyl (C=O) groups is 2. The van der Waals surface area contributed by atoms with Gasteiger partial charge in [0.1, 0.15) is 6.04 Å². The number of rotatable bonds is 5. The van der Waals surface area contributed by atoms with Gasteiger partial charge >= 0.3 is 0 Å². The van der Waals surface area contributed by atoms with Crippen LogP contribution in [0.15, 0.2) is 6.20 Å². The summed E-state index contributed by atoms with van der Waals surface area (Å²) in [4.78, 5) is 23.9. The molecule has 0 saturated carbocycles. The van der Waals surface area contributed by atoms with Gasteiger partial charge in [-0.25, -0.2) is 0 Å². The predicted octanol–water partition coefficient (Wildman–Crippen LogP) is 1.67. The number of hydrogen-bond donors (Lipinski definition) is 2. The Labute approximate surface area is 138 Å². The van der Waals surface area contributed by atoms with Gasteiger partial charge in [0, 0.05) is 12.7 Å². The number of hydrogen-bond acceptors (Lipinski definition) is 4.